The van der Waals surface area contributed by atoms with Gasteiger partial charge in [0, 0.05) is 38.3 Å². The van der Waals surface area contributed by atoms with Gasteiger partial charge < -0.3 is 14.5 Å². The van der Waals surface area contributed by atoms with Gasteiger partial charge in [0.1, 0.15) is 6.10 Å². The summed E-state index contributed by atoms with van der Waals surface area (Å²) in [7, 11) is 2.34. The fraction of sp³-hybridized carbons (Fsp3) is 0.750. The minimum Gasteiger partial charge on any atom is -0.368 e. The highest BCUT2D eigenvalue weighted by Crippen LogP contribution is 2.51. The zero-order valence-electron chi connectivity index (χ0n) is 24.3. The molecule has 4 unspecified atom stereocenters. The number of hydrogen-bond donors (Lipinski definition) is 1. The van der Waals surface area contributed by atoms with Gasteiger partial charge >= 0.3 is 0 Å². The van der Waals surface area contributed by atoms with E-state index in [-0.39, 0.29) is 29.5 Å². The van der Waals surface area contributed by atoms with Crippen LogP contribution in [0, 0.1) is 5.92 Å². The third-order valence-corrected chi connectivity index (χ3v) is 10.8. The third kappa shape index (κ3) is 4.82. The number of anilines is 2. The van der Waals surface area contributed by atoms with E-state index < -0.39 is 0 Å². The van der Waals surface area contributed by atoms with E-state index in [1.54, 1.807) is 6.92 Å². The molecule has 6 rings (SSSR count). The topological polar surface area (TPSA) is 65.1 Å². The first kappa shape index (κ1) is 27.2. The number of carbonyl (C=O) groups is 2. The number of hydrogen-bond acceptors (Lipinski definition) is 5. The Labute approximate surface area is 234 Å². The molecule has 7 nitrogen and oxygen atoms in total. The molecule has 1 N–H and O–H groups in total. The molecule has 2 saturated heterocycles. The van der Waals surface area contributed by atoms with E-state index in [2.05, 4.69) is 35.5 Å². The fourth-order valence-corrected chi connectivity index (χ4v) is 8.89. The fourth-order valence-electron chi connectivity index (χ4n) is 8.89. The summed E-state index contributed by atoms with van der Waals surface area (Å²) in [6.45, 7) is 5.82. The smallest absolute Gasteiger partial charge is 0.256 e. The highest BCUT2D eigenvalue weighted by molar-refractivity contribution is 6.05. The molecule has 2 aliphatic carbocycles. The summed E-state index contributed by atoms with van der Waals surface area (Å²) in [6, 6.07) is 7.11. The number of fused-ring (bicyclic) bond motifs is 2. The maximum atomic E-state index is 13.7. The van der Waals surface area contributed by atoms with Crippen LogP contribution < -0.4 is 15.1 Å². The van der Waals surface area contributed by atoms with Crippen LogP contribution in [-0.2, 0) is 14.3 Å². The molecular formula is C32H48N4O3. The maximum absolute atomic E-state index is 13.7. The van der Waals surface area contributed by atoms with Crippen molar-refractivity contribution in [2.75, 3.05) is 36.7 Å². The van der Waals surface area contributed by atoms with Crippen LogP contribution in [0.25, 0.3) is 0 Å². The standard InChI is InChI=1S/C32H48N4O3/c1-22-20-35(31(38)29-12-9-17-39-29)28-18-24(13-15-27(28)36(22)23(2)37)25-14-16-30-32(19-25,34(3)21-33-30)26-10-7-5-4-6-8-11-26/h13,15,18,22,25-26,29-30,33H,4-12,14,16-17,19-21H2,1-3H3/t22-,25?,29?,30?,32?/m0/s1. The Balaban J connectivity index is 1.34. The van der Waals surface area contributed by atoms with Crippen LogP contribution in [0.1, 0.15) is 102 Å². The molecule has 2 amide bonds. The molecule has 3 aliphatic heterocycles. The van der Waals surface area contributed by atoms with Gasteiger partial charge in [-0.15, -0.1) is 0 Å². The lowest BCUT2D eigenvalue weighted by molar-refractivity contribution is -0.127. The molecule has 1 aromatic carbocycles. The van der Waals surface area contributed by atoms with Gasteiger partial charge in [-0.05, 0) is 88.4 Å². The van der Waals surface area contributed by atoms with Gasteiger partial charge in [-0.1, -0.05) is 38.2 Å². The molecule has 0 spiro atoms. The van der Waals surface area contributed by atoms with E-state index in [9.17, 15) is 9.59 Å². The predicted molar refractivity (Wildman–Crippen MR) is 155 cm³/mol. The van der Waals surface area contributed by atoms with Crippen molar-refractivity contribution in [1.29, 1.82) is 0 Å². The molecule has 3 heterocycles. The molecule has 7 heteroatoms. The van der Waals surface area contributed by atoms with E-state index in [0.717, 1.165) is 49.6 Å². The number of nitrogens with zero attached hydrogens (tertiary/aromatic N) is 3. The van der Waals surface area contributed by atoms with Crippen molar-refractivity contribution in [3.05, 3.63) is 23.8 Å². The average Bonchev–Trinajstić information content (AvgIpc) is 3.56. The lowest BCUT2D eigenvalue weighted by Crippen LogP contribution is -2.58. The van der Waals surface area contributed by atoms with Crippen molar-refractivity contribution in [3.8, 4) is 0 Å². The first-order valence-electron chi connectivity index (χ1n) is 15.7. The minimum absolute atomic E-state index is 0.0307. The van der Waals surface area contributed by atoms with Crippen molar-refractivity contribution in [2.45, 2.75) is 121 Å². The molecule has 2 saturated carbocycles. The summed E-state index contributed by atoms with van der Waals surface area (Å²) in [5.74, 6) is 1.26. The molecule has 39 heavy (non-hydrogen) atoms. The molecule has 1 aromatic rings. The first-order chi connectivity index (χ1) is 18.9. The Morgan fingerprint density at radius 3 is 2.46 bits per heavy atom. The van der Waals surface area contributed by atoms with Crippen LogP contribution in [0.15, 0.2) is 18.2 Å². The van der Waals surface area contributed by atoms with Crippen molar-refractivity contribution in [3.63, 3.8) is 0 Å². The monoisotopic (exact) mass is 536 g/mol. The van der Waals surface area contributed by atoms with Crippen LogP contribution in [-0.4, -0.2) is 67.3 Å². The Bertz CT molecular complexity index is 1060. The zero-order valence-corrected chi connectivity index (χ0v) is 24.3. The number of benzene rings is 1. The van der Waals surface area contributed by atoms with Gasteiger partial charge in [0.2, 0.25) is 5.91 Å². The molecule has 214 valence electrons. The SMILES string of the molecule is CC(=O)N1c2ccc(C3CCC4NCN(C)C4(C4CCCCCCC4)C3)cc2N(C(=O)C2CCCO2)C[C@@H]1C. The number of nitrogens with one attached hydrogen (secondary N) is 1. The molecule has 5 aliphatic rings. The van der Waals surface area contributed by atoms with E-state index in [0.29, 0.717) is 25.1 Å². The van der Waals surface area contributed by atoms with Crippen LogP contribution in [0.3, 0.4) is 0 Å². The summed E-state index contributed by atoms with van der Waals surface area (Å²) >= 11 is 0. The highest BCUT2D eigenvalue weighted by Gasteiger charge is 2.54. The van der Waals surface area contributed by atoms with Gasteiger partial charge in [0.05, 0.1) is 17.4 Å². The number of rotatable bonds is 3. The summed E-state index contributed by atoms with van der Waals surface area (Å²) in [5, 5.41) is 3.90. The van der Waals surface area contributed by atoms with Gasteiger partial charge in [-0.2, -0.15) is 0 Å². The molecule has 0 radical (unpaired) electrons. The summed E-state index contributed by atoms with van der Waals surface area (Å²) in [5.41, 5.74) is 3.27. The lowest BCUT2D eigenvalue weighted by atomic mass is 9.62. The molecule has 4 fully saturated rings. The van der Waals surface area contributed by atoms with Crippen molar-refractivity contribution in [2.24, 2.45) is 5.92 Å². The quantitative estimate of drug-likeness (QED) is 0.577. The second-order valence-corrected chi connectivity index (χ2v) is 13.1. The maximum Gasteiger partial charge on any atom is 0.256 e. The average molecular weight is 537 g/mol. The Morgan fingerprint density at radius 1 is 0.974 bits per heavy atom. The van der Waals surface area contributed by atoms with Crippen molar-refractivity contribution >= 4 is 23.2 Å². The van der Waals surface area contributed by atoms with Crippen molar-refractivity contribution < 1.29 is 14.3 Å². The van der Waals surface area contributed by atoms with Crippen molar-refractivity contribution in [1.82, 2.24) is 10.2 Å². The summed E-state index contributed by atoms with van der Waals surface area (Å²) < 4.78 is 5.81. The van der Waals surface area contributed by atoms with E-state index in [1.165, 1.54) is 56.9 Å². The van der Waals surface area contributed by atoms with Gasteiger partial charge in [-0.3, -0.25) is 19.8 Å². The number of amides is 2. The molecule has 5 atom stereocenters. The normalized spacial score (nSPS) is 34.3. The van der Waals surface area contributed by atoms with Gasteiger partial charge in [0.15, 0.2) is 0 Å². The Morgan fingerprint density at radius 2 is 1.74 bits per heavy atom. The lowest BCUT2D eigenvalue weighted by Gasteiger charge is -2.52. The van der Waals surface area contributed by atoms with Gasteiger partial charge in [-0.25, -0.2) is 0 Å². The first-order valence-corrected chi connectivity index (χ1v) is 15.7. The van der Waals surface area contributed by atoms with Crippen LogP contribution in [0.5, 0.6) is 0 Å². The van der Waals surface area contributed by atoms with Crippen LogP contribution in [0.4, 0.5) is 11.4 Å². The molecular weight excluding hydrogens is 488 g/mol. The minimum atomic E-state index is -0.367. The second kappa shape index (κ2) is 11.1. The Hall–Kier alpha value is -1.96. The van der Waals surface area contributed by atoms with Crippen LogP contribution >= 0.6 is 0 Å². The van der Waals surface area contributed by atoms with Crippen LogP contribution in [0.2, 0.25) is 0 Å². The summed E-state index contributed by atoms with van der Waals surface area (Å²) in [4.78, 5) is 32.8. The third-order valence-electron chi connectivity index (χ3n) is 10.8. The number of carbonyl (C=O) groups excluding carboxylic acids is 2. The van der Waals surface area contributed by atoms with E-state index in [4.69, 9.17) is 4.74 Å². The highest BCUT2D eigenvalue weighted by atomic mass is 16.5. The second-order valence-electron chi connectivity index (χ2n) is 13.1. The van der Waals surface area contributed by atoms with E-state index in [1.807, 2.05) is 16.7 Å². The molecule has 0 bridgehead atoms. The van der Waals surface area contributed by atoms with E-state index >= 15 is 0 Å². The zero-order chi connectivity index (χ0) is 27.1. The number of likely N-dealkylation sites (N-methyl/N-ethyl adjacent to an activating group) is 1. The molecule has 0 aromatic heterocycles. The van der Waals surface area contributed by atoms with Gasteiger partial charge in [0.25, 0.3) is 5.91 Å². The largest absolute Gasteiger partial charge is 0.368 e. The number of ether oxygens (including phenoxy) is 1. The Kier molecular flexibility index (Phi) is 7.77. The predicted octanol–water partition coefficient (Wildman–Crippen LogP) is 5.18. The summed E-state index contributed by atoms with van der Waals surface area (Å²) in [6.07, 6.45) is 14.4.